The standard InChI is InChI=1S/C34H26N2O/c1-19-9-12-26(35-18-19)20-10-13-28-24(15-20)32-31-25-16-21(34(2,3)4)11-14-29(25)37-30(31)17-23-22-7-5-6-8-27(22)36(28)33(23)32/h5-18H,1-4H3. The molecule has 0 aliphatic heterocycles. The molecule has 0 saturated carbocycles. The zero-order valence-electron chi connectivity index (χ0n) is 21.4. The van der Waals surface area contributed by atoms with Crippen LogP contribution < -0.4 is 0 Å². The SMILES string of the molecule is Cc1ccc(-c2ccc3c(c2)c2c4c(cc5c6ccccc6n3c52)oc2ccc(C(C)(C)C)cc24)nc1. The largest absolute Gasteiger partial charge is 0.456 e. The second-order valence-electron chi connectivity index (χ2n) is 11.4. The molecule has 0 radical (unpaired) electrons. The van der Waals surface area contributed by atoms with Crippen molar-refractivity contribution < 1.29 is 4.42 Å². The fourth-order valence-electron chi connectivity index (χ4n) is 6.09. The van der Waals surface area contributed by atoms with Gasteiger partial charge < -0.3 is 8.82 Å². The molecule has 4 aromatic carbocycles. The van der Waals surface area contributed by atoms with Crippen LogP contribution in [0.1, 0.15) is 31.9 Å². The molecule has 178 valence electrons. The van der Waals surface area contributed by atoms with Crippen LogP contribution in [0.25, 0.3) is 71.3 Å². The summed E-state index contributed by atoms with van der Waals surface area (Å²) in [4.78, 5) is 4.73. The van der Waals surface area contributed by atoms with Crippen molar-refractivity contribution in [2.24, 2.45) is 0 Å². The summed E-state index contributed by atoms with van der Waals surface area (Å²) in [7, 11) is 0. The first-order valence-corrected chi connectivity index (χ1v) is 12.9. The fourth-order valence-corrected chi connectivity index (χ4v) is 6.09. The van der Waals surface area contributed by atoms with Crippen LogP contribution in [0.5, 0.6) is 0 Å². The van der Waals surface area contributed by atoms with Gasteiger partial charge in [-0.1, -0.05) is 57.2 Å². The molecule has 0 bridgehead atoms. The minimum atomic E-state index is 0.0549. The van der Waals surface area contributed by atoms with Crippen LogP contribution in [0.15, 0.2) is 89.5 Å². The Morgan fingerprint density at radius 1 is 0.703 bits per heavy atom. The van der Waals surface area contributed by atoms with E-state index in [-0.39, 0.29) is 5.41 Å². The number of para-hydroxylation sites is 1. The number of pyridine rings is 1. The van der Waals surface area contributed by atoms with Gasteiger partial charge in [-0.3, -0.25) is 4.98 Å². The van der Waals surface area contributed by atoms with E-state index >= 15 is 0 Å². The van der Waals surface area contributed by atoms with E-state index in [1.165, 1.54) is 60.0 Å². The van der Waals surface area contributed by atoms with E-state index in [0.29, 0.717) is 0 Å². The van der Waals surface area contributed by atoms with Gasteiger partial charge in [0.2, 0.25) is 0 Å². The fraction of sp³-hybridized carbons (Fsp3) is 0.147. The highest BCUT2D eigenvalue weighted by Gasteiger charge is 2.24. The Morgan fingerprint density at radius 3 is 2.35 bits per heavy atom. The van der Waals surface area contributed by atoms with E-state index in [0.717, 1.165) is 22.4 Å². The second kappa shape index (κ2) is 6.89. The summed E-state index contributed by atoms with van der Waals surface area (Å²) in [6.45, 7) is 8.87. The number of fused-ring (bicyclic) bond motifs is 10. The maximum atomic E-state index is 6.53. The molecule has 0 amide bonds. The number of nitrogens with zero attached hydrogens (tertiary/aromatic N) is 2. The number of aromatic nitrogens is 2. The Labute approximate surface area is 214 Å². The van der Waals surface area contributed by atoms with Crippen LogP contribution in [0.4, 0.5) is 0 Å². The van der Waals surface area contributed by atoms with E-state index in [9.17, 15) is 0 Å². The van der Waals surface area contributed by atoms with E-state index in [2.05, 4.69) is 111 Å². The molecule has 0 aliphatic carbocycles. The highest BCUT2D eigenvalue weighted by molar-refractivity contribution is 6.34. The molecule has 3 nitrogen and oxygen atoms in total. The smallest absolute Gasteiger partial charge is 0.136 e. The molecule has 0 fully saturated rings. The molecular formula is C34H26N2O. The highest BCUT2D eigenvalue weighted by atomic mass is 16.3. The normalized spacial score (nSPS) is 12.9. The lowest BCUT2D eigenvalue weighted by Crippen LogP contribution is -2.10. The third kappa shape index (κ3) is 2.74. The molecule has 8 rings (SSSR count). The van der Waals surface area contributed by atoms with E-state index in [1.54, 1.807) is 0 Å². The molecule has 0 atom stereocenters. The van der Waals surface area contributed by atoms with Gasteiger partial charge in [-0.05, 0) is 65.9 Å². The van der Waals surface area contributed by atoms with Crippen molar-refractivity contribution >= 4 is 60.0 Å². The number of aryl methyl sites for hydroxylation is 1. The summed E-state index contributed by atoms with van der Waals surface area (Å²) in [5.41, 5.74) is 10.2. The first kappa shape index (κ1) is 20.8. The van der Waals surface area contributed by atoms with Gasteiger partial charge >= 0.3 is 0 Å². The summed E-state index contributed by atoms with van der Waals surface area (Å²) >= 11 is 0. The molecule has 0 unspecified atom stereocenters. The third-order valence-electron chi connectivity index (χ3n) is 7.97. The minimum Gasteiger partial charge on any atom is -0.456 e. The molecule has 4 heterocycles. The molecule has 0 N–H and O–H groups in total. The van der Waals surface area contributed by atoms with Gasteiger partial charge in [0.05, 0.1) is 22.2 Å². The van der Waals surface area contributed by atoms with Crippen molar-refractivity contribution in [2.75, 3.05) is 0 Å². The van der Waals surface area contributed by atoms with Gasteiger partial charge in [0.25, 0.3) is 0 Å². The lowest BCUT2D eigenvalue weighted by atomic mass is 9.86. The predicted molar refractivity (Wildman–Crippen MR) is 155 cm³/mol. The van der Waals surface area contributed by atoms with Gasteiger partial charge in [0.1, 0.15) is 11.2 Å². The number of hydrogen-bond donors (Lipinski definition) is 0. The third-order valence-corrected chi connectivity index (χ3v) is 7.97. The molecule has 3 heteroatoms. The maximum absolute atomic E-state index is 6.53. The lowest BCUT2D eigenvalue weighted by molar-refractivity contribution is 0.590. The van der Waals surface area contributed by atoms with Crippen LogP contribution >= 0.6 is 0 Å². The molecule has 0 saturated heterocycles. The first-order chi connectivity index (χ1) is 17.9. The van der Waals surface area contributed by atoms with Crippen molar-refractivity contribution in [1.82, 2.24) is 9.38 Å². The topological polar surface area (TPSA) is 30.4 Å². The minimum absolute atomic E-state index is 0.0549. The number of furan rings is 1. The number of rotatable bonds is 1. The monoisotopic (exact) mass is 478 g/mol. The van der Waals surface area contributed by atoms with Crippen molar-refractivity contribution in [2.45, 2.75) is 33.1 Å². The van der Waals surface area contributed by atoms with Gasteiger partial charge in [0.15, 0.2) is 0 Å². The Morgan fingerprint density at radius 2 is 1.54 bits per heavy atom. The van der Waals surface area contributed by atoms with Crippen molar-refractivity contribution in [3.8, 4) is 11.3 Å². The molecular weight excluding hydrogens is 452 g/mol. The number of benzene rings is 4. The maximum Gasteiger partial charge on any atom is 0.136 e. The van der Waals surface area contributed by atoms with E-state index in [4.69, 9.17) is 9.40 Å². The zero-order valence-corrected chi connectivity index (χ0v) is 21.4. The highest BCUT2D eigenvalue weighted by Crippen LogP contribution is 2.46. The average Bonchev–Trinajstić information content (AvgIpc) is 3.53. The van der Waals surface area contributed by atoms with Gasteiger partial charge in [-0.25, -0.2) is 0 Å². The van der Waals surface area contributed by atoms with Crippen LogP contribution in [-0.4, -0.2) is 9.38 Å². The summed E-state index contributed by atoms with van der Waals surface area (Å²) < 4.78 is 8.97. The average molecular weight is 479 g/mol. The summed E-state index contributed by atoms with van der Waals surface area (Å²) in [6, 6.07) is 28.6. The van der Waals surface area contributed by atoms with Crippen LogP contribution in [0, 0.1) is 6.92 Å². The second-order valence-corrected chi connectivity index (χ2v) is 11.4. The Bertz CT molecular complexity index is 2170. The molecule has 8 aromatic rings. The van der Waals surface area contributed by atoms with E-state index in [1.807, 2.05) is 6.20 Å². The summed E-state index contributed by atoms with van der Waals surface area (Å²) in [5, 5.41) is 7.37. The van der Waals surface area contributed by atoms with Crippen LogP contribution in [0.3, 0.4) is 0 Å². The lowest BCUT2D eigenvalue weighted by Gasteiger charge is -2.18. The van der Waals surface area contributed by atoms with Crippen molar-refractivity contribution in [3.05, 3.63) is 96.2 Å². The summed E-state index contributed by atoms with van der Waals surface area (Å²) in [5.74, 6) is 0. The molecule has 0 spiro atoms. The Balaban J connectivity index is 1.61. The zero-order chi connectivity index (χ0) is 25.1. The molecule has 0 aliphatic rings. The Hall–Kier alpha value is -4.37. The molecule has 37 heavy (non-hydrogen) atoms. The van der Waals surface area contributed by atoms with Gasteiger partial charge in [-0.15, -0.1) is 0 Å². The van der Waals surface area contributed by atoms with Gasteiger partial charge in [0, 0.05) is 44.1 Å². The summed E-state index contributed by atoms with van der Waals surface area (Å²) in [6.07, 6.45) is 1.94. The van der Waals surface area contributed by atoms with Crippen LogP contribution in [0.2, 0.25) is 0 Å². The van der Waals surface area contributed by atoms with Crippen LogP contribution in [-0.2, 0) is 5.41 Å². The van der Waals surface area contributed by atoms with Crippen molar-refractivity contribution in [1.29, 1.82) is 0 Å². The predicted octanol–water partition coefficient (Wildman–Crippen LogP) is 9.40. The van der Waals surface area contributed by atoms with E-state index < -0.39 is 0 Å². The Kier molecular flexibility index (Phi) is 3.87. The van der Waals surface area contributed by atoms with Gasteiger partial charge in [-0.2, -0.15) is 0 Å². The number of hydrogen-bond acceptors (Lipinski definition) is 2. The van der Waals surface area contributed by atoms with Crippen molar-refractivity contribution in [3.63, 3.8) is 0 Å². The quantitative estimate of drug-likeness (QED) is 0.235. The molecule has 4 aromatic heterocycles. The first-order valence-electron chi connectivity index (χ1n) is 12.9.